The Labute approximate surface area is 449 Å². The summed E-state index contributed by atoms with van der Waals surface area (Å²) in [5.74, 6) is 0. The largest absolute Gasteiger partial charge is 0.311 e. The Morgan fingerprint density at radius 3 is 1.59 bits per heavy atom. The zero-order valence-electron chi connectivity index (χ0n) is 47.6. The fourth-order valence-corrected chi connectivity index (χ4v) is 16.0. The number of anilines is 9. The maximum atomic E-state index is 2.81. The lowest BCUT2D eigenvalue weighted by Crippen LogP contribution is -2.61. The fraction of sp³-hybridized carbons (Fsp3) is 0.420. The highest BCUT2D eigenvalue weighted by molar-refractivity contribution is 7.29. The summed E-state index contributed by atoms with van der Waals surface area (Å²) in [4.78, 5) is 9.68. The van der Waals surface area contributed by atoms with Crippen molar-refractivity contribution in [3.8, 4) is 0 Å². The number of hydrogen-bond acceptors (Lipinski definition) is 4. The Bertz CT molecular complexity index is 3380. The third-order valence-electron chi connectivity index (χ3n) is 19.2. The lowest BCUT2D eigenvalue weighted by atomic mass is 9.35. The fourth-order valence-electron chi connectivity index (χ4n) is 14.3. The molecule has 7 aromatic rings. The average Bonchev–Trinajstić information content (AvgIpc) is 3.77. The summed E-state index contributed by atoms with van der Waals surface area (Å²) in [7, 11) is 0. The van der Waals surface area contributed by atoms with Crippen LogP contribution in [0.15, 0.2) is 121 Å². The molecule has 3 aliphatic carbocycles. The summed E-state index contributed by atoms with van der Waals surface area (Å²) in [6, 6.07) is 47.6. The zero-order chi connectivity index (χ0) is 52.4. The molecule has 0 N–H and O–H groups in total. The molecule has 1 aromatic heterocycles. The highest BCUT2D eigenvalue weighted by Gasteiger charge is 2.53. The van der Waals surface area contributed by atoms with Crippen LogP contribution in [0.1, 0.15) is 186 Å². The SMILES string of the molecule is Cc1cc(C(C)(C)C)ccc1N1c2cc(N(c3ccccc3)c3ccccc3)cc3c2B(c2ccc4c(c2N3c2ccc3c(c2)C(C)(C)CCC3(C)C)C(C)(C)CCC4(C)C)c2sc3c(c21)C(C)(C)CCC3(C)C. The summed E-state index contributed by atoms with van der Waals surface area (Å²) in [5.41, 5.74) is 24.6. The van der Waals surface area contributed by atoms with Gasteiger partial charge in [0.15, 0.2) is 0 Å². The minimum absolute atomic E-state index is 0.0182. The number of aryl methyl sites for hydroxylation is 1. The number of thiophene rings is 1. The monoisotopic (exact) mass is 994 g/mol. The molecule has 0 saturated heterocycles. The molecule has 0 radical (unpaired) electrons. The van der Waals surface area contributed by atoms with E-state index in [1.807, 2.05) is 0 Å². The molecule has 0 amide bonds. The molecule has 12 rings (SSSR count). The molecule has 0 bridgehead atoms. The first kappa shape index (κ1) is 49.4. The molecule has 3 nitrogen and oxygen atoms in total. The quantitative estimate of drug-likeness (QED) is 0.159. The Hall–Kier alpha value is -5.52. The lowest BCUT2D eigenvalue weighted by Gasteiger charge is -2.50. The van der Waals surface area contributed by atoms with E-state index in [0.717, 1.165) is 29.9 Å². The van der Waals surface area contributed by atoms with Crippen molar-refractivity contribution in [1.29, 1.82) is 0 Å². The second-order valence-electron chi connectivity index (χ2n) is 28.2. The minimum Gasteiger partial charge on any atom is -0.311 e. The van der Waals surface area contributed by atoms with Gasteiger partial charge in [0.1, 0.15) is 0 Å². The van der Waals surface area contributed by atoms with E-state index in [0.29, 0.717) is 0 Å². The van der Waals surface area contributed by atoms with Crippen LogP contribution in [0.4, 0.5) is 51.2 Å². The van der Waals surface area contributed by atoms with Crippen LogP contribution < -0.4 is 30.4 Å². The molecule has 380 valence electrons. The Balaban J connectivity index is 1.29. The van der Waals surface area contributed by atoms with Crippen molar-refractivity contribution < 1.29 is 0 Å². The van der Waals surface area contributed by atoms with E-state index < -0.39 is 0 Å². The van der Waals surface area contributed by atoms with Gasteiger partial charge >= 0.3 is 0 Å². The zero-order valence-corrected chi connectivity index (χ0v) is 48.4. The summed E-state index contributed by atoms with van der Waals surface area (Å²) >= 11 is 2.15. The van der Waals surface area contributed by atoms with Crippen LogP contribution in [0.3, 0.4) is 0 Å². The first-order valence-corrected chi connectivity index (χ1v) is 28.8. The Morgan fingerprint density at radius 2 is 1.00 bits per heavy atom. The highest BCUT2D eigenvalue weighted by Crippen LogP contribution is 2.60. The minimum atomic E-state index is -0.0594. The Morgan fingerprint density at radius 1 is 0.473 bits per heavy atom. The number of nitrogens with zero attached hydrogens (tertiary/aromatic N) is 3. The van der Waals surface area contributed by atoms with Crippen LogP contribution in [-0.4, -0.2) is 6.71 Å². The van der Waals surface area contributed by atoms with Gasteiger partial charge in [0.05, 0.1) is 11.4 Å². The molecular formula is C69H80BN3S. The van der Waals surface area contributed by atoms with E-state index in [-0.39, 0.29) is 44.6 Å². The number of fused-ring (bicyclic) bond motifs is 9. The third-order valence-corrected chi connectivity index (χ3v) is 20.8. The maximum absolute atomic E-state index is 2.81. The molecule has 0 saturated carbocycles. The van der Waals surface area contributed by atoms with Gasteiger partial charge in [-0.05, 0) is 188 Å². The van der Waals surface area contributed by atoms with E-state index in [2.05, 4.69) is 258 Å². The van der Waals surface area contributed by atoms with E-state index in [4.69, 9.17) is 0 Å². The highest BCUT2D eigenvalue weighted by atomic mass is 32.1. The normalized spacial score (nSPS) is 19.9. The van der Waals surface area contributed by atoms with Gasteiger partial charge in [-0.15, -0.1) is 0 Å². The average molecular weight is 994 g/mol. The van der Waals surface area contributed by atoms with Gasteiger partial charge in [-0.1, -0.05) is 171 Å². The molecule has 0 fully saturated rings. The van der Waals surface area contributed by atoms with Crippen LogP contribution in [0.2, 0.25) is 0 Å². The van der Waals surface area contributed by atoms with Crippen molar-refractivity contribution in [3.05, 3.63) is 165 Å². The number of para-hydroxylation sites is 2. The molecule has 0 unspecified atom stereocenters. The molecule has 2 aliphatic heterocycles. The second kappa shape index (κ2) is 16.3. The van der Waals surface area contributed by atoms with Gasteiger partial charge in [0.25, 0.3) is 6.71 Å². The molecule has 6 aromatic carbocycles. The van der Waals surface area contributed by atoms with Crippen molar-refractivity contribution in [2.75, 3.05) is 14.7 Å². The van der Waals surface area contributed by atoms with Gasteiger partial charge in [0, 0.05) is 49.5 Å². The van der Waals surface area contributed by atoms with Crippen LogP contribution in [0, 0.1) is 6.92 Å². The molecule has 5 heteroatoms. The number of benzene rings is 6. The predicted octanol–water partition coefficient (Wildman–Crippen LogP) is 18.0. The smallest absolute Gasteiger partial charge is 0.264 e. The van der Waals surface area contributed by atoms with Crippen LogP contribution >= 0.6 is 11.3 Å². The van der Waals surface area contributed by atoms with Crippen LogP contribution in [0.5, 0.6) is 0 Å². The number of rotatable bonds is 5. The van der Waals surface area contributed by atoms with Crippen molar-refractivity contribution in [2.45, 2.75) is 187 Å². The Kier molecular flexibility index (Phi) is 10.8. The number of hydrogen-bond donors (Lipinski definition) is 0. The van der Waals surface area contributed by atoms with Gasteiger partial charge in [-0.2, -0.15) is 11.3 Å². The van der Waals surface area contributed by atoms with Gasteiger partial charge in [0.2, 0.25) is 0 Å². The first-order chi connectivity index (χ1) is 34.7. The van der Waals surface area contributed by atoms with Crippen molar-refractivity contribution in [3.63, 3.8) is 0 Å². The summed E-state index contributed by atoms with van der Waals surface area (Å²) < 4.78 is 1.50. The van der Waals surface area contributed by atoms with Gasteiger partial charge in [-0.25, -0.2) is 0 Å². The summed E-state index contributed by atoms with van der Waals surface area (Å²) in [6.45, 7) is 39.6. The van der Waals surface area contributed by atoms with E-state index >= 15 is 0 Å². The molecule has 0 atom stereocenters. The molecule has 3 heterocycles. The topological polar surface area (TPSA) is 9.72 Å². The molecular weight excluding hydrogens is 914 g/mol. The van der Waals surface area contributed by atoms with E-state index in [1.165, 1.54) is 109 Å². The maximum Gasteiger partial charge on any atom is 0.264 e. The first-order valence-electron chi connectivity index (χ1n) is 28.0. The third kappa shape index (κ3) is 7.38. The van der Waals surface area contributed by atoms with E-state index in [9.17, 15) is 0 Å². The molecule has 0 spiro atoms. The van der Waals surface area contributed by atoms with Crippen LogP contribution in [0.25, 0.3) is 0 Å². The predicted molar refractivity (Wildman–Crippen MR) is 322 cm³/mol. The summed E-state index contributed by atoms with van der Waals surface area (Å²) in [5, 5.41) is 0. The van der Waals surface area contributed by atoms with E-state index in [1.54, 1.807) is 10.4 Å². The molecule has 5 aliphatic rings. The standard InChI is InChI=1S/C69H80BN3S/c1-43-39-44(63(2,3)4)27-32-53(43)73-55-42-48(71(45-23-19-17-20-24-45)46-25-21-18-22-26-46)41-54-58(55)70(62-60(73)57-61(74-62)69(15,16)38-37-68(57,13)14)52-31-30-50-56(67(11,12)36-35-65(50,7)8)59(52)72(54)47-28-29-49-51(40-47)66(9,10)34-33-64(49,5)6/h17-32,39-42H,33-38H2,1-16H3. The lowest BCUT2D eigenvalue weighted by molar-refractivity contribution is 0.331. The second-order valence-corrected chi connectivity index (χ2v) is 29.3. The van der Waals surface area contributed by atoms with Crippen molar-refractivity contribution in [2.24, 2.45) is 0 Å². The summed E-state index contributed by atoms with van der Waals surface area (Å²) in [6.07, 6.45) is 6.99. The van der Waals surface area contributed by atoms with Crippen LogP contribution in [-0.2, 0) is 37.9 Å². The van der Waals surface area contributed by atoms with Crippen molar-refractivity contribution >= 4 is 84.9 Å². The molecule has 74 heavy (non-hydrogen) atoms. The van der Waals surface area contributed by atoms with Crippen molar-refractivity contribution in [1.82, 2.24) is 0 Å². The van der Waals surface area contributed by atoms with Gasteiger partial charge in [-0.3, -0.25) is 0 Å². The van der Waals surface area contributed by atoms with Gasteiger partial charge < -0.3 is 14.7 Å².